The van der Waals surface area contributed by atoms with Crippen LogP contribution in [0.1, 0.15) is 58.7 Å². The molecule has 1 N–H and O–H groups in total. The fourth-order valence-corrected chi connectivity index (χ4v) is 2.37. The van der Waals surface area contributed by atoms with E-state index in [1.54, 1.807) is 6.33 Å². The van der Waals surface area contributed by atoms with Crippen LogP contribution < -0.4 is 5.32 Å². The summed E-state index contributed by atoms with van der Waals surface area (Å²) in [6.07, 6.45) is 8.80. The lowest BCUT2D eigenvalue weighted by molar-refractivity contribution is 0.441. The molecule has 0 saturated heterocycles. The van der Waals surface area contributed by atoms with Gasteiger partial charge >= 0.3 is 0 Å². The Bertz CT molecular complexity index is 302. The lowest BCUT2D eigenvalue weighted by Gasteiger charge is -2.16. The maximum Gasteiger partial charge on any atom is 0.138 e. The zero-order valence-corrected chi connectivity index (χ0v) is 12.2. The first-order valence-electron chi connectivity index (χ1n) is 7.41. The second-order valence-electron chi connectivity index (χ2n) is 4.83. The fraction of sp³-hybridized carbons (Fsp3) is 0.857. The van der Waals surface area contributed by atoms with Crippen molar-refractivity contribution in [1.82, 2.24) is 20.1 Å². The number of aryl methyl sites for hydroxylation is 2. The molecule has 18 heavy (non-hydrogen) atoms. The van der Waals surface area contributed by atoms with Gasteiger partial charge in [-0.1, -0.05) is 27.2 Å². The molecule has 104 valence electrons. The van der Waals surface area contributed by atoms with E-state index in [0.717, 1.165) is 31.8 Å². The molecule has 0 aliphatic rings. The topological polar surface area (TPSA) is 42.7 Å². The van der Waals surface area contributed by atoms with E-state index in [4.69, 9.17) is 0 Å². The minimum Gasteiger partial charge on any atom is -0.314 e. The van der Waals surface area contributed by atoms with E-state index in [1.807, 2.05) is 4.68 Å². The Morgan fingerprint density at radius 1 is 1.22 bits per heavy atom. The van der Waals surface area contributed by atoms with Crippen LogP contribution in [0, 0.1) is 0 Å². The van der Waals surface area contributed by atoms with Gasteiger partial charge in [-0.25, -0.2) is 4.98 Å². The van der Waals surface area contributed by atoms with Crippen molar-refractivity contribution < 1.29 is 0 Å². The van der Waals surface area contributed by atoms with Crippen LogP contribution in [-0.2, 0) is 13.0 Å². The molecule has 0 saturated carbocycles. The average molecular weight is 252 g/mol. The van der Waals surface area contributed by atoms with Gasteiger partial charge in [-0.15, -0.1) is 0 Å². The third-order valence-electron chi connectivity index (χ3n) is 3.21. The summed E-state index contributed by atoms with van der Waals surface area (Å²) < 4.78 is 2.04. The number of aromatic nitrogens is 3. The molecule has 0 amide bonds. The van der Waals surface area contributed by atoms with Crippen LogP contribution >= 0.6 is 0 Å². The maximum absolute atomic E-state index is 4.36. The van der Waals surface area contributed by atoms with Crippen molar-refractivity contribution in [2.75, 3.05) is 6.54 Å². The van der Waals surface area contributed by atoms with E-state index in [-0.39, 0.29) is 0 Å². The predicted molar refractivity (Wildman–Crippen MR) is 75.6 cm³/mol. The molecule has 1 aromatic heterocycles. The number of rotatable bonds is 10. The molecule has 4 heteroatoms. The zero-order chi connectivity index (χ0) is 13.2. The smallest absolute Gasteiger partial charge is 0.138 e. The first-order chi connectivity index (χ1) is 8.81. The molecule has 0 spiro atoms. The minimum absolute atomic E-state index is 0.669. The lowest BCUT2D eigenvalue weighted by Crippen LogP contribution is -2.28. The Hall–Kier alpha value is -0.900. The van der Waals surface area contributed by atoms with E-state index >= 15 is 0 Å². The second-order valence-corrected chi connectivity index (χ2v) is 4.83. The van der Waals surface area contributed by atoms with Gasteiger partial charge in [-0.3, -0.25) is 4.68 Å². The first-order valence-corrected chi connectivity index (χ1v) is 7.41. The summed E-state index contributed by atoms with van der Waals surface area (Å²) in [7, 11) is 0. The second kappa shape index (κ2) is 9.09. The van der Waals surface area contributed by atoms with Crippen molar-refractivity contribution in [3.05, 3.63) is 12.2 Å². The molecule has 0 aliphatic carbocycles. The standard InChI is InChI=1S/C14H28N4/c1-4-8-13(15-6-3)9-7-10-14-16-12-17-18(14)11-5-2/h12-13,15H,4-11H2,1-3H3. The number of hydrogen-bond donors (Lipinski definition) is 1. The molecule has 0 bridgehead atoms. The van der Waals surface area contributed by atoms with Crippen LogP contribution in [0.2, 0.25) is 0 Å². The molecule has 1 rings (SSSR count). The van der Waals surface area contributed by atoms with Crippen LogP contribution in [0.25, 0.3) is 0 Å². The Labute approximate surface area is 111 Å². The van der Waals surface area contributed by atoms with Crippen LogP contribution in [0.15, 0.2) is 6.33 Å². The van der Waals surface area contributed by atoms with Crippen molar-refractivity contribution in [1.29, 1.82) is 0 Å². The first kappa shape index (κ1) is 15.2. The maximum atomic E-state index is 4.36. The van der Waals surface area contributed by atoms with E-state index in [0.29, 0.717) is 6.04 Å². The molecular formula is C14H28N4. The van der Waals surface area contributed by atoms with Crippen molar-refractivity contribution in [3.8, 4) is 0 Å². The summed E-state index contributed by atoms with van der Waals surface area (Å²) in [4.78, 5) is 4.36. The lowest BCUT2D eigenvalue weighted by atomic mass is 10.0. The molecule has 0 radical (unpaired) electrons. The van der Waals surface area contributed by atoms with Crippen LogP contribution in [0.3, 0.4) is 0 Å². The van der Waals surface area contributed by atoms with Gasteiger partial charge in [-0.2, -0.15) is 5.10 Å². The van der Waals surface area contributed by atoms with Crippen molar-refractivity contribution in [3.63, 3.8) is 0 Å². The van der Waals surface area contributed by atoms with Gasteiger partial charge in [0.05, 0.1) is 0 Å². The van der Waals surface area contributed by atoms with Gasteiger partial charge in [0.15, 0.2) is 0 Å². The predicted octanol–water partition coefficient (Wildman–Crippen LogP) is 2.79. The van der Waals surface area contributed by atoms with Crippen LogP contribution in [-0.4, -0.2) is 27.4 Å². The largest absolute Gasteiger partial charge is 0.314 e. The molecule has 4 nitrogen and oxygen atoms in total. The number of hydrogen-bond acceptors (Lipinski definition) is 3. The van der Waals surface area contributed by atoms with Crippen LogP contribution in [0.4, 0.5) is 0 Å². The van der Waals surface area contributed by atoms with Gasteiger partial charge < -0.3 is 5.32 Å². The molecule has 1 heterocycles. The molecule has 1 atom stereocenters. The summed E-state index contributed by atoms with van der Waals surface area (Å²) in [6.45, 7) is 8.66. The Balaban J connectivity index is 2.32. The SMILES string of the molecule is CCCC(CCCc1ncnn1CCC)NCC. The number of nitrogens with one attached hydrogen (secondary N) is 1. The zero-order valence-electron chi connectivity index (χ0n) is 12.2. The summed E-state index contributed by atoms with van der Waals surface area (Å²) in [5.41, 5.74) is 0. The quantitative estimate of drug-likeness (QED) is 0.696. The van der Waals surface area contributed by atoms with Gasteiger partial charge in [0.1, 0.15) is 12.2 Å². The third-order valence-corrected chi connectivity index (χ3v) is 3.21. The van der Waals surface area contributed by atoms with Crippen molar-refractivity contribution >= 4 is 0 Å². The molecule has 1 unspecified atom stereocenters. The number of nitrogens with zero attached hydrogens (tertiary/aromatic N) is 3. The summed E-state index contributed by atoms with van der Waals surface area (Å²) in [6, 6.07) is 0.669. The fourth-order valence-electron chi connectivity index (χ4n) is 2.37. The Kier molecular flexibility index (Phi) is 7.65. The van der Waals surface area contributed by atoms with Crippen LogP contribution in [0.5, 0.6) is 0 Å². The molecular weight excluding hydrogens is 224 g/mol. The van der Waals surface area contributed by atoms with Gasteiger partial charge in [-0.05, 0) is 32.2 Å². The van der Waals surface area contributed by atoms with E-state index in [1.165, 1.54) is 25.7 Å². The molecule has 1 aromatic rings. The molecule has 0 aromatic carbocycles. The highest BCUT2D eigenvalue weighted by Gasteiger charge is 2.08. The summed E-state index contributed by atoms with van der Waals surface area (Å²) >= 11 is 0. The minimum atomic E-state index is 0.669. The Morgan fingerprint density at radius 3 is 2.72 bits per heavy atom. The average Bonchev–Trinajstić information content (AvgIpc) is 2.78. The van der Waals surface area contributed by atoms with E-state index in [2.05, 4.69) is 36.2 Å². The highest BCUT2D eigenvalue weighted by Crippen LogP contribution is 2.08. The van der Waals surface area contributed by atoms with E-state index < -0.39 is 0 Å². The highest BCUT2D eigenvalue weighted by molar-refractivity contribution is 4.85. The monoisotopic (exact) mass is 252 g/mol. The Morgan fingerprint density at radius 2 is 2.06 bits per heavy atom. The van der Waals surface area contributed by atoms with E-state index in [9.17, 15) is 0 Å². The van der Waals surface area contributed by atoms with Gasteiger partial charge in [0.2, 0.25) is 0 Å². The molecule has 0 aliphatic heterocycles. The summed E-state index contributed by atoms with van der Waals surface area (Å²) in [5, 5.41) is 7.83. The normalized spacial score (nSPS) is 12.8. The van der Waals surface area contributed by atoms with Crippen molar-refractivity contribution in [2.45, 2.75) is 71.9 Å². The van der Waals surface area contributed by atoms with Crippen molar-refractivity contribution in [2.24, 2.45) is 0 Å². The van der Waals surface area contributed by atoms with Gasteiger partial charge in [0.25, 0.3) is 0 Å². The molecule has 0 fully saturated rings. The highest BCUT2D eigenvalue weighted by atomic mass is 15.3. The summed E-state index contributed by atoms with van der Waals surface area (Å²) in [5.74, 6) is 1.14. The third kappa shape index (κ3) is 5.17. The van der Waals surface area contributed by atoms with Gasteiger partial charge in [0, 0.05) is 19.0 Å².